The molecule has 0 amide bonds. The Labute approximate surface area is 173 Å². The number of rotatable bonds is 5. The number of aryl methyl sites for hydroxylation is 1. The second-order valence-electron chi connectivity index (χ2n) is 6.77. The topological polar surface area (TPSA) is 64.1 Å². The standard InChI is InChI=1S/C19H17ClF3N3O2S/c1-9(2)7-28-18(27)15-10(3)14-16(24-8-25-17(14)29-15)26-11-4-5-13(20)12(6-11)19(21,22)23/h4-6,8-9H,7H2,1-3H3,(H,24,25,26). The Morgan fingerprint density at radius 1 is 1.31 bits per heavy atom. The lowest BCUT2D eigenvalue weighted by molar-refractivity contribution is -0.137. The quantitative estimate of drug-likeness (QED) is 0.473. The van der Waals surface area contributed by atoms with Crippen LogP contribution in [-0.4, -0.2) is 22.5 Å². The lowest BCUT2D eigenvalue weighted by Gasteiger charge is -2.12. The predicted molar refractivity (Wildman–Crippen MR) is 107 cm³/mol. The number of nitrogens with zero attached hydrogens (tertiary/aromatic N) is 2. The molecule has 1 N–H and O–H groups in total. The zero-order chi connectivity index (χ0) is 21.3. The minimum atomic E-state index is -4.58. The molecule has 3 aromatic rings. The number of carbonyl (C=O) groups is 1. The number of benzene rings is 1. The molecule has 1 aromatic carbocycles. The van der Waals surface area contributed by atoms with Crippen molar-refractivity contribution in [3.63, 3.8) is 0 Å². The van der Waals surface area contributed by atoms with E-state index in [0.717, 1.165) is 17.4 Å². The third-order valence-corrected chi connectivity index (χ3v) is 5.50. The van der Waals surface area contributed by atoms with Gasteiger partial charge in [0.1, 0.15) is 21.9 Å². The molecular formula is C19H17ClF3N3O2S. The second kappa shape index (κ2) is 8.16. The number of nitrogens with one attached hydrogen (secondary N) is 1. The molecule has 0 saturated carbocycles. The number of thiophene rings is 1. The van der Waals surface area contributed by atoms with Crippen LogP contribution in [-0.2, 0) is 10.9 Å². The molecule has 10 heteroatoms. The summed E-state index contributed by atoms with van der Waals surface area (Å²) in [6.07, 6.45) is -3.30. The van der Waals surface area contributed by atoms with Crippen molar-refractivity contribution in [3.8, 4) is 0 Å². The number of hydrogen-bond acceptors (Lipinski definition) is 6. The summed E-state index contributed by atoms with van der Waals surface area (Å²) < 4.78 is 44.6. The molecule has 2 heterocycles. The first kappa shape index (κ1) is 21.3. The smallest absolute Gasteiger partial charge is 0.417 e. The Kier molecular flexibility index (Phi) is 6.00. The fraction of sp³-hybridized carbons (Fsp3) is 0.316. The van der Waals surface area contributed by atoms with Gasteiger partial charge in [0.2, 0.25) is 0 Å². The average Bonchev–Trinajstić information content (AvgIpc) is 2.98. The molecule has 154 valence electrons. The van der Waals surface area contributed by atoms with Crippen LogP contribution >= 0.6 is 22.9 Å². The molecule has 0 radical (unpaired) electrons. The van der Waals surface area contributed by atoms with E-state index in [-0.39, 0.29) is 18.2 Å². The van der Waals surface area contributed by atoms with Crippen LogP contribution in [0.25, 0.3) is 10.2 Å². The van der Waals surface area contributed by atoms with E-state index in [2.05, 4.69) is 15.3 Å². The maximum Gasteiger partial charge on any atom is 0.417 e. The van der Waals surface area contributed by atoms with Gasteiger partial charge in [0.05, 0.1) is 22.6 Å². The van der Waals surface area contributed by atoms with Crippen molar-refractivity contribution in [2.75, 3.05) is 11.9 Å². The second-order valence-corrected chi connectivity index (χ2v) is 8.17. The Bertz CT molecular complexity index is 1070. The number of halogens is 4. The monoisotopic (exact) mass is 443 g/mol. The number of esters is 1. The number of anilines is 2. The lowest BCUT2D eigenvalue weighted by Crippen LogP contribution is -2.09. The van der Waals surface area contributed by atoms with E-state index in [1.165, 1.54) is 18.5 Å². The lowest BCUT2D eigenvalue weighted by atomic mass is 10.1. The number of fused-ring (bicyclic) bond motifs is 1. The molecule has 2 aromatic heterocycles. The average molecular weight is 444 g/mol. The van der Waals surface area contributed by atoms with Crippen molar-refractivity contribution < 1.29 is 22.7 Å². The van der Waals surface area contributed by atoms with Gasteiger partial charge in [-0.05, 0) is 36.6 Å². The van der Waals surface area contributed by atoms with Crippen LogP contribution in [0.4, 0.5) is 24.7 Å². The van der Waals surface area contributed by atoms with E-state index in [1.807, 2.05) is 13.8 Å². The zero-order valence-corrected chi connectivity index (χ0v) is 17.3. The summed E-state index contributed by atoms with van der Waals surface area (Å²) in [5.41, 5.74) is -0.183. The van der Waals surface area contributed by atoms with E-state index in [0.29, 0.717) is 26.5 Å². The molecule has 0 spiro atoms. The summed E-state index contributed by atoms with van der Waals surface area (Å²) in [5.74, 6) is 0.0245. The molecule has 0 fully saturated rings. The Hall–Kier alpha value is -2.39. The van der Waals surface area contributed by atoms with Gasteiger partial charge in [-0.25, -0.2) is 14.8 Å². The zero-order valence-electron chi connectivity index (χ0n) is 15.7. The third-order valence-electron chi connectivity index (χ3n) is 3.99. The van der Waals surface area contributed by atoms with Crippen LogP contribution in [0.1, 0.15) is 34.6 Å². The Balaban J connectivity index is 1.98. The van der Waals surface area contributed by atoms with Gasteiger partial charge in [0.25, 0.3) is 0 Å². The maximum absolute atomic E-state index is 13.1. The molecule has 0 bridgehead atoms. The normalized spacial score (nSPS) is 11.9. The van der Waals surface area contributed by atoms with Gasteiger partial charge in [-0.15, -0.1) is 11.3 Å². The molecule has 0 aliphatic rings. The third kappa shape index (κ3) is 4.62. The molecule has 0 aliphatic carbocycles. The molecule has 29 heavy (non-hydrogen) atoms. The molecule has 0 saturated heterocycles. The van der Waals surface area contributed by atoms with Crippen molar-refractivity contribution in [1.82, 2.24) is 9.97 Å². The Morgan fingerprint density at radius 3 is 2.69 bits per heavy atom. The van der Waals surface area contributed by atoms with Crippen molar-refractivity contribution in [3.05, 3.63) is 45.6 Å². The summed E-state index contributed by atoms with van der Waals surface area (Å²) in [4.78, 5) is 21.6. The number of ether oxygens (including phenoxy) is 1. The highest BCUT2D eigenvalue weighted by molar-refractivity contribution is 7.20. The molecule has 5 nitrogen and oxygen atoms in total. The fourth-order valence-corrected chi connectivity index (χ4v) is 3.89. The molecule has 3 rings (SSSR count). The van der Waals surface area contributed by atoms with Gasteiger partial charge >= 0.3 is 12.1 Å². The summed E-state index contributed by atoms with van der Waals surface area (Å²) in [7, 11) is 0. The van der Waals surface area contributed by atoms with Gasteiger partial charge in [-0.2, -0.15) is 13.2 Å². The molecule has 0 unspecified atom stereocenters. The minimum Gasteiger partial charge on any atom is -0.461 e. The molecular weight excluding hydrogens is 427 g/mol. The largest absolute Gasteiger partial charge is 0.461 e. The van der Waals surface area contributed by atoms with Crippen LogP contribution in [0, 0.1) is 12.8 Å². The van der Waals surface area contributed by atoms with Crippen molar-refractivity contribution in [2.24, 2.45) is 5.92 Å². The van der Waals surface area contributed by atoms with Crippen LogP contribution in [0.15, 0.2) is 24.5 Å². The van der Waals surface area contributed by atoms with Gasteiger partial charge in [-0.1, -0.05) is 25.4 Å². The first-order chi connectivity index (χ1) is 13.6. The van der Waals surface area contributed by atoms with E-state index >= 15 is 0 Å². The highest BCUT2D eigenvalue weighted by Gasteiger charge is 2.33. The van der Waals surface area contributed by atoms with Crippen molar-refractivity contribution in [1.29, 1.82) is 0 Å². The fourth-order valence-electron chi connectivity index (χ4n) is 2.63. The van der Waals surface area contributed by atoms with Gasteiger partial charge in [-0.3, -0.25) is 0 Å². The van der Waals surface area contributed by atoms with Crippen molar-refractivity contribution in [2.45, 2.75) is 26.9 Å². The van der Waals surface area contributed by atoms with Gasteiger partial charge < -0.3 is 10.1 Å². The number of aromatic nitrogens is 2. The number of hydrogen-bond donors (Lipinski definition) is 1. The highest BCUT2D eigenvalue weighted by atomic mass is 35.5. The van der Waals surface area contributed by atoms with Crippen LogP contribution in [0.5, 0.6) is 0 Å². The molecule has 0 atom stereocenters. The van der Waals surface area contributed by atoms with Crippen LogP contribution in [0.3, 0.4) is 0 Å². The first-order valence-electron chi connectivity index (χ1n) is 8.63. The summed E-state index contributed by atoms with van der Waals surface area (Å²) in [5, 5.41) is 3.04. The highest BCUT2D eigenvalue weighted by Crippen LogP contribution is 2.38. The summed E-state index contributed by atoms with van der Waals surface area (Å²) in [6, 6.07) is 3.50. The summed E-state index contributed by atoms with van der Waals surface area (Å²) in [6.45, 7) is 5.87. The van der Waals surface area contributed by atoms with E-state index in [9.17, 15) is 18.0 Å². The van der Waals surface area contributed by atoms with E-state index < -0.39 is 22.7 Å². The van der Waals surface area contributed by atoms with Gasteiger partial charge in [0, 0.05) is 5.69 Å². The number of carbonyl (C=O) groups excluding carboxylic acids is 1. The summed E-state index contributed by atoms with van der Waals surface area (Å²) >= 11 is 6.82. The van der Waals surface area contributed by atoms with E-state index in [1.54, 1.807) is 6.92 Å². The minimum absolute atomic E-state index is 0.163. The van der Waals surface area contributed by atoms with Crippen molar-refractivity contribution >= 4 is 50.6 Å². The van der Waals surface area contributed by atoms with Gasteiger partial charge in [0.15, 0.2) is 0 Å². The van der Waals surface area contributed by atoms with Crippen LogP contribution in [0.2, 0.25) is 5.02 Å². The van der Waals surface area contributed by atoms with E-state index in [4.69, 9.17) is 16.3 Å². The number of alkyl halides is 3. The first-order valence-corrected chi connectivity index (χ1v) is 9.82. The van der Waals surface area contributed by atoms with Crippen LogP contribution < -0.4 is 5.32 Å². The predicted octanol–water partition coefficient (Wildman–Crippen LogP) is 6.23. The maximum atomic E-state index is 13.1. The Morgan fingerprint density at radius 2 is 2.03 bits per heavy atom. The SMILES string of the molecule is Cc1c(C(=O)OCC(C)C)sc2ncnc(Nc3ccc(Cl)c(C(F)(F)F)c3)c12. The molecule has 0 aliphatic heterocycles.